The molecule has 1 saturated carbocycles. The molecule has 2 heterocycles. The third-order valence-electron chi connectivity index (χ3n) is 4.77. The Bertz CT molecular complexity index is 425. The smallest absolute Gasteiger partial charge is 0.119 e. The van der Waals surface area contributed by atoms with Crippen LogP contribution in [0, 0.1) is 5.92 Å². The van der Waals surface area contributed by atoms with Crippen LogP contribution >= 0.6 is 0 Å². The van der Waals surface area contributed by atoms with Gasteiger partial charge in [-0.25, -0.2) is 0 Å². The number of ether oxygens (including phenoxy) is 1. The van der Waals surface area contributed by atoms with Crippen molar-refractivity contribution in [1.82, 2.24) is 0 Å². The molecule has 1 unspecified atom stereocenters. The third-order valence-corrected chi connectivity index (χ3v) is 4.77. The van der Waals surface area contributed by atoms with Gasteiger partial charge in [-0.3, -0.25) is 0 Å². The van der Waals surface area contributed by atoms with Crippen LogP contribution in [-0.4, -0.2) is 19.7 Å². The lowest BCUT2D eigenvalue weighted by atomic mass is 9.94. The number of hydrogen-bond donors (Lipinski definition) is 0. The Balaban J connectivity index is 1.54. The highest BCUT2D eigenvalue weighted by Gasteiger charge is 2.57. The number of piperidine rings is 1. The molecule has 0 aromatic heterocycles. The predicted octanol–water partition coefficient (Wildman–Crippen LogP) is 3.31. The van der Waals surface area contributed by atoms with Crippen LogP contribution in [0.25, 0.3) is 0 Å². The second-order valence-electron chi connectivity index (χ2n) is 6.05. The number of rotatable bonds is 3. The molecule has 2 heteroatoms. The van der Waals surface area contributed by atoms with Crippen molar-refractivity contribution in [2.24, 2.45) is 5.92 Å². The Kier molecular flexibility index (Phi) is 2.41. The van der Waals surface area contributed by atoms with E-state index in [2.05, 4.69) is 29.2 Å². The molecular weight excluding hydrogens is 222 g/mol. The van der Waals surface area contributed by atoms with Gasteiger partial charge >= 0.3 is 0 Å². The van der Waals surface area contributed by atoms with Crippen LogP contribution in [0.15, 0.2) is 24.3 Å². The molecule has 0 radical (unpaired) electrons. The van der Waals surface area contributed by atoms with Crippen LogP contribution in [0.2, 0.25) is 0 Å². The first kappa shape index (κ1) is 10.9. The minimum absolute atomic E-state index is 0.125. The van der Waals surface area contributed by atoms with Crippen LogP contribution in [0.3, 0.4) is 0 Å². The molecule has 96 valence electrons. The molecule has 0 amide bonds. The van der Waals surface area contributed by atoms with Crippen LogP contribution in [0.1, 0.15) is 37.7 Å². The van der Waals surface area contributed by atoms with Gasteiger partial charge in [0.05, 0.1) is 6.61 Å². The first-order valence-electron chi connectivity index (χ1n) is 7.38. The molecule has 1 atom stereocenters. The molecule has 1 aromatic rings. The van der Waals surface area contributed by atoms with Gasteiger partial charge < -0.3 is 9.64 Å². The molecule has 2 nitrogen and oxygen atoms in total. The number of anilines is 1. The maximum Gasteiger partial charge on any atom is 0.119 e. The minimum Gasteiger partial charge on any atom is -0.372 e. The van der Waals surface area contributed by atoms with E-state index in [9.17, 15) is 0 Å². The summed E-state index contributed by atoms with van der Waals surface area (Å²) in [6.07, 6.45) is 6.79. The van der Waals surface area contributed by atoms with E-state index in [1.165, 1.54) is 56.4 Å². The summed E-state index contributed by atoms with van der Waals surface area (Å²) in [5.74, 6) is 0.804. The molecule has 2 saturated heterocycles. The largest absolute Gasteiger partial charge is 0.372 e. The zero-order valence-electron chi connectivity index (χ0n) is 10.9. The maximum atomic E-state index is 5.78. The van der Waals surface area contributed by atoms with Crippen LogP contribution in [0.4, 0.5) is 5.69 Å². The fourth-order valence-electron chi connectivity index (χ4n) is 3.37. The first-order chi connectivity index (χ1) is 8.88. The first-order valence-corrected chi connectivity index (χ1v) is 7.38. The fourth-order valence-corrected chi connectivity index (χ4v) is 3.37. The van der Waals surface area contributed by atoms with Crippen molar-refractivity contribution < 1.29 is 4.74 Å². The van der Waals surface area contributed by atoms with Crippen molar-refractivity contribution in [1.29, 1.82) is 0 Å². The van der Waals surface area contributed by atoms with Crippen molar-refractivity contribution in [3.05, 3.63) is 29.8 Å². The lowest BCUT2D eigenvalue weighted by Crippen LogP contribution is -2.29. The van der Waals surface area contributed by atoms with E-state index in [4.69, 9.17) is 4.74 Å². The molecule has 0 N–H and O–H groups in total. The van der Waals surface area contributed by atoms with Crippen LogP contribution in [0.5, 0.6) is 0 Å². The van der Waals surface area contributed by atoms with E-state index >= 15 is 0 Å². The lowest BCUT2D eigenvalue weighted by Gasteiger charge is -2.29. The van der Waals surface area contributed by atoms with E-state index in [1.54, 1.807) is 0 Å². The highest BCUT2D eigenvalue weighted by Crippen LogP contribution is 2.56. The summed E-state index contributed by atoms with van der Waals surface area (Å²) in [5, 5.41) is 0. The highest BCUT2D eigenvalue weighted by molar-refractivity contribution is 5.49. The van der Waals surface area contributed by atoms with Gasteiger partial charge in [0.15, 0.2) is 0 Å². The van der Waals surface area contributed by atoms with Gasteiger partial charge in [-0.15, -0.1) is 0 Å². The molecule has 0 spiro atoms. The van der Waals surface area contributed by atoms with Crippen molar-refractivity contribution in [3.8, 4) is 0 Å². The van der Waals surface area contributed by atoms with Crippen molar-refractivity contribution in [2.45, 2.75) is 37.7 Å². The summed E-state index contributed by atoms with van der Waals surface area (Å²) in [5.41, 5.74) is 2.93. The minimum atomic E-state index is 0.125. The van der Waals surface area contributed by atoms with Gasteiger partial charge in [0.1, 0.15) is 5.60 Å². The molecule has 3 aliphatic rings. The van der Waals surface area contributed by atoms with Gasteiger partial charge in [0.25, 0.3) is 0 Å². The molecular formula is C16H21NO. The number of hydrogen-bond acceptors (Lipinski definition) is 2. The second kappa shape index (κ2) is 3.99. The Morgan fingerprint density at radius 1 is 1.00 bits per heavy atom. The van der Waals surface area contributed by atoms with Gasteiger partial charge in [0.2, 0.25) is 0 Å². The zero-order chi connectivity index (χ0) is 12.0. The van der Waals surface area contributed by atoms with Crippen molar-refractivity contribution in [2.75, 3.05) is 24.6 Å². The fraction of sp³-hybridized carbons (Fsp3) is 0.625. The van der Waals surface area contributed by atoms with Crippen molar-refractivity contribution >= 4 is 5.69 Å². The molecule has 4 rings (SSSR count). The highest BCUT2D eigenvalue weighted by atomic mass is 16.6. The van der Waals surface area contributed by atoms with E-state index < -0.39 is 0 Å². The molecule has 0 bridgehead atoms. The molecule has 3 fully saturated rings. The third kappa shape index (κ3) is 1.74. The Morgan fingerprint density at radius 2 is 1.67 bits per heavy atom. The summed E-state index contributed by atoms with van der Waals surface area (Å²) in [6, 6.07) is 9.20. The van der Waals surface area contributed by atoms with E-state index in [1.807, 2.05) is 0 Å². The average molecular weight is 243 g/mol. The van der Waals surface area contributed by atoms with E-state index in [-0.39, 0.29) is 5.60 Å². The predicted molar refractivity (Wildman–Crippen MR) is 72.9 cm³/mol. The van der Waals surface area contributed by atoms with Gasteiger partial charge in [-0.1, -0.05) is 12.1 Å². The molecule has 1 aromatic carbocycles. The average Bonchev–Trinajstić information content (AvgIpc) is 3.31. The SMILES string of the molecule is c1cc(C2(C3CC3)CO2)ccc1N1CCCCC1. The number of epoxide rings is 1. The Labute approximate surface area is 109 Å². The normalized spacial score (nSPS) is 31.4. The molecule has 1 aliphatic carbocycles. The monoisotopic (exact) mass is 243 g/mol. The maximum absolute atomic E-state index is 5.78. The summed E-state index contributed by atoms with van der Waals surface area (Å²) in [6.45, 7) is 3.40. The quantitative estimate of drug-likeness (QED) is 0.757. The lowest BCUT2D eigenvalue weighted by molar-refractivity contribution is 0.278. The van der Waals surface area contributed by atoms with Crippen molar-refractivity contribution in [3.63, 3.8) is 0 Å². The summed E-state index contributed by atoms with van der Waals surface area (Å²) >= 11 is 0. The summed E-state index contributed by atoms with van der Waals surface area (Å²) in [4.78, 5) is 2.52. The van der Waals surface area contributed by atoms with E-state index in [0.717, 1.165) is 12.5 Å². The van der Waals surface area contributed by atoms with Crippen LogP contribution < -0.4 is 4.90 Å². The number of nitrogens with zero attached hydrogens (tertiary/aromatic N) is 1. The standard InChI is InChI=1S/C16H21NO/c1-2-10-17(11-3-1)15-8-6-14(7-9-15)16(12-18-16)13-4-5-13/h6-9,13H,1-5,10-12H2. The van der Waals surface area contributed by atoms with E-state index in [0.29, 0.717) is 0 Å². The summed E-state index contributed by atoms with van der Waals surface area (Å²) in [7, 11) is 0. The van der Waals surface area contributed by atoms with Crippen LogP contribution in [-0.2, 0) is 10.3 Å². The molecule has 2 aliphatic heterocycles. The second-order valence-corrected chi connectivity index (χ2v) is 6.05. The topological polar surface area (TPSA) is 15.8 Å². The zero-order valence-corrected chi connectivity index (χ0v) is 10.9. The summed E-state index contributed by atoms with van der Waals surface area (Å²) < 4.78 is 5.78. The molecule has 18 heavy (non-hydrogen) atoms. The Morgan fingerprint density at radius 3 is 2.22 bits per heavy atom. The van der Waals surface area contributed by atoms with Gasteiger partial charge in [-0.2, -0.15) is 0 Å². The van der Waals surface area contributed by atoms with Gasteiger partial charge in [0, 0.05) is 18.8 Å². The van der Waals surface area contributed by atoms with Gasteiger partial charge in [-0.05, 0) is 55.7 Å². The Hall–Kier alpha value is -1.02. The number of benzene rings is 1.